The Labute approximate surface area is 200 Å². The van der Waals surface area contributed by atoms with E-state index in [1.165, 1.54) is 0 Å². The molecule has 0 aromatic carbocycles. The van der Waals surface area contributed by atoms with Gasteiger partial charge in [0, 0.05) is 19.4 Å². The minimum absolute atomic E-state index is 0.0273. The lowest BCUT2D eigenvalue weighted by atomic mass is 9.96. The lowest BCUT2D eigenvalue weighted by Gasteiger charge is -2.14. The molecule has 9 nitrogen and oxygen atoms in total. The fraction of sp³-hybridized carbons (Fsp3) is 0.917. The fourth-order valence-corrected chi connectivity index (χ4v) is 3.05. The van der Waals surface area contributed by atoms with Crippen LogP contribution in [0, 0.1) is 5.92 Å². The summed E-state index contributed by atoms with van der Waals surface area (Å²) < 4.78 is 31.9. The molecule has 1 unspecified atom stereocenters. The molecular formula is C24H47NO8. The summed E-state index contributed by atoms with van der Waals surface area (Å²) in [5.41, 5.74) is 0. The van der Waals surface area contributed by atoms with Gasteiger partial charge in [-0.3, -0.25) is 9.59 Å². The molecule has 196 valence electrons. The number of carbonyl (C=O) groups is 2. The van der Waals surface area contributed by atoms with Crippen molar-refractivity contribution in [2.24, 2.45) is 5.92 Å². The molecule has 1 N–H and O–H groups in total. The maximum absolute atomic E-state index is 12.2. The number of unbranched alkanes of at least 4 members (excludes halogenated alkanes) is 1. The molecule has 0 aliphatic carbocycles. The molecule has 0 spiro atoms. The number of rotatable bonds is 26. The predicted molar refractivity (Wildman–Crippen MR) is 127 cm³/mol. The Morgan fingerprint density at radius 1 is 0.697 bits per heavy atom. The van der Waals surface area contributed by atoms with Crippen LogP contribution in [0.25, 0.3) is 0 Å². The lowest BCUT2D eigenvalue weighted by molar-refractivity contribution is -0.124. The summed E-state index contributed by atoms with van der Waals surface area (Å²) in [6.45, 7) is 9.24. The van der Waals surface area contributed by atoms with E-state index in [4.69, 9.17) is 28.4 Å². The molecule has 0 aromatic rings. The van der Waals surface area contributed by atoms with Crippen LogP contribution in [-0.4, -0.2) is 104 Å². The van der Waals surface area contributed by atoms with Gasteiger partial charge in [-0.1, -0.05) is 19.8 Å². The van der Waals surface area contributed by atoms with E-state index in [1.54, 1.807) is 21.1 Å². The zero-order chi connectivity index (χ0) is 24.6. The van der Waals surface area contributed by atoms with Crippen LogP contribution in [0.15, 0.2) is 0 Å². The van der Waals surface area contributed by atoms with Crippen LogP contribution in [0.4, 0.5) is 0 Å². The minimum Gasteiger partial charge on any atom is -0.382 e. The Kier molecular flexibility index (Phi) is 23.5. The van der Waals surface area contributed by atoms with Crippen LogP contribution in [0.2, 0.25) is 0 Å². The van der Waals surface area contributed by atoms with E-state index in [-0.39, 0.29) is 23.5 Å². The van der Waals surface area contributed by atoms with E-state index in [9.17, 15) is 9.59 Å². The van der Waals surface area contributed by atoms with E-state index < -0.39 is 0 Å². The molecule has 9 heteroatoms. The van der Waals surface area contributed by atoms with Gasteiger partial charge in [0.25, 0.3) is 0 Å². The number of Topliss-reactive ketones (excluding diaryl/α,β-unsaturated/α-hetero) is 2. The second kappa shape index (κ2) is 24.2. The highest BCUT2D eigenvalue weighted by atomic mass is 16.6. The Hall–Kier alpha value is -0.940. The van der Waals surface area contributed by atoms with E-state index in [2.05, 4.69) is 5.32 Å². The van der Waals surface area contributed by atoms with Gasteiger partial charge in [-0.25, -0.2) is 0 Å². The number of likely N-dealkylation sites (N-methyl/N-ethyl adjacent to an activating group) is 1. The Balaban J connectivity index is 3.37. The first-order valence-corrected chi connectivity index (χ1v) is 12.1. The van der Waals surface area contributed by atoms with Gasteiger partial charge in [-0.05, 0) is 26.8 Å². The van der Waals surface area contributed by atoms with Crippen molar-refractivity contribution in [2.45, 2.75) is 52.0 Å². The Morgan fingerprint density at radius 2 is 1.12 bits per heavy atom. The van der Waals surface area contributed by atoms with Crippen LogP contribution in [0.1, 0.15) is 46.0 Å². The topological polar surface area (TPSA) is 102 Å². The molecule has 0 amide bonds. The number of carbonyl (C=O) groups excluding carboxylic acids is 2. The number of hydrogen-bond donors (Lipinski definition) is 1. The van der Waals surface area contributed by atoms with Crippen LogP contribution in [0.3, 0.4) is 0 Å². The smallest absolute Gasteiger partial charge is 0.146 e. The first-order valence-electron chi connectivity index (χ1n) is 12.1. The molecule has 0 aliphatic rings. The Morgan fingerprint density at radius 3 is 1.55 bits per heavy atom. The number of methoxy groups -OCH3 is 1. The molecular weight excluding hydrogens is 430 g/mol. The summed E-state index contributed by atoms with van der Waals surface area (Å²) >= 11 is 0. The SMILES string of the molecule is CN[C@@H](CCCCC(C)C(=O)CCOCCOCCOCCOCCOCCOC)C(C)=O. The number of ketones is 2. The van der Waals surface area contributed by atoms with E-state index in [0.717, 1.165) is 25.7 Å². The second-order valence-corrected chi connectivity index (χ2v) is 7.91. The molecule has 33 heavy (non-hydrogen) atoms. The third-order valence-electron chi connectivity index (χ3n) is 5.18. The van der Waals surface area contributed by atoms with Crippen molar-refractivity contribution in [3.8, 4) is 0 Å². The van der Waals surface area contributed by atoms with Crippen molar-refractivity contribution in [1.29, 1.82) is 0 Å². The highest BCUT2D eigenvalue weighted by molar-refractivity contribution is 5.81. The lowest BCUT2D eigenvalue weighted by Crippen LogP contribution is -2.32. The highest BCUT2D eigenvalue weighted by Gasteiger charge is 2.14. The summed E-state index contributed by atoms with van der Waals surface area (Å²) in [6, 6.07) is -0.0748. The van der Waals surface area contributed by atoms with Gasteiger partial charge in [-0.15, -0.1) is 0 Å². The van der Waals surface area contributed by atoms with Crippen molar-refractivity contribution in [3.05, 3.63) is 0 Å². The highest BCUT2D eigenvalue weighted by Crippen LogP contribution is 2.13. The van der Waals surface area contributed by atoms with Gasteiger partial charge in [0.2, 0.25) is 0 Å². The Bertz CT molecular complexity index is 464. The van der Waals surface area contributed by atoms with E-state index in [0.29, 0.717) is 79.1 Å². The largest absolute Gasteiger partial charge is 0.382 e. The van der Waals surface area contributed by atoms with Crippen LogP contribution < -0.4 is 5.32 Å². The molecule has 0 bridgehead atoms. The van der Waals surface area contributed by atoms with E-state index in [1.807, 2.05) is 6.92 Å². The van der Waals surface area contributed by atoms with Gasteiger partial charge >= 0.3 is 0 Å². The summed E-state index contributed by atoms with van der Waals surface area (Å²) in [5, 5.41) is 3.02. The van der Waals surface area contributed by atoms with Crippen LogP contribution in [-0.2, 0) is 38.0 Å². The third-order valence-corrected chi connectivity index (χ3v) is 5.18. The summed E-state index contributed by atoms with van der Waals surface area (Å²) in [5.74, 6) is 0.417. The van der Waals surface area contributed by atoms with Gasteiger partial charge in [0.15, 0.2) is 0 Å². The first kappa shape index (κ1) is 32.1. The monoisotopic (exact) mass is 477 g/mol. The van der Waals surface area contributed by atoms with Crippen molar-refractivity contribution >= 4 is 11.6 Å². The molecule has 2 atom stereocenters. The van der Waals surface area contributed by atoms with Crippen LogP contribution in [0.5, 0.6) is 0 Å². The quantitative estimate of drug-likeness (QED) is 0.188. The fourth-order valence-electron chi connectivity index (χ4n) is 3.05. The normalized spacial score (nSPS) is 13.2. The van der Waals surface area contributed by atoms with Crippen molar-refractivity contribution < 1.29 is 38.0 Å². The number of hydrogen-bond acceptors (Lipinski definition) is 9. The molecule has 0 rings (SSSR count). The summed E-state index contributed by atoms with van der Waals surface area (Å²) in [7, 11) is 3.45. The third kappa shape index (κ3) is 21.3. The van der Waals surface area contributed by atoms with Crippen molar-refractivity contribution in [1.82, 2.24) is 5.32 Å². The maximum Gasteiger partial charge on any atom is 0.146 e. The van der Waals surface area contributed by atoms with Gasteiger partial charge < -0.3 is 33.7 Å². The molecule has 0 radical (unpaired) electrons. The van der Waals surface area contributed by atoms with Gasteiger partial charge in [-0.2, -0.15) is 0 Å². The predicted octanol–water partition coefficient (Wildman–Crippen LogP) is 2.05. The number of ether oxygens (including phenoxy) is 6. The second-order valence-electron chi connectivity index (χ2n) is 7.91. The molecule has 0 fully saturated rings. The number of nitrogens with one attached hydrogen (secondary N) is 1. The summed E-state index contributed by atoms with van der Waals surface area (Å²) in [4.78, 5) is 23.6. The van der Waals surface area contributed by atoms with Gasteiger partial charge in [0.05, 0.1) is 78.7 Å². The van der Waals surface area contributed by atoms with Gasteiger partial charge in [0.1, 0.15) is 11.6 Å². The molecule has 0 aliphatic heterocycles. The van der Waals surface area contributed by atoms with Crippen LogP contribution >= 0.6 is 0 Å². The minimum atomic E-state index is -0.0748. The molecule has 0 heterocycles. The van der Waals surface area contributed by atoms with Crippen molar-refractivity contribution in [2.75, 3.05) is 86.8 Å². The first-order chi connectivity index (χ1) is 16.0. The zero-order valence-corrected chi connectivity index (χ0v) is 21.2. The molecule has 0 saturated carbocycles. The average Bonchev–Trinajstić information content (AvgIpc) is 2.80. The maximum atomic E-state index is 12.2. The summed E-state index contributed by atoms with van der Waals surface area (Å²) in [6.07, 6.45) is 3.99. The standard InChI is InChI=1S/C24H47NO8/c1-21(7-5-6-8-23(25-3)22(2)26)24(27)9-10-29-13-14-31-17-18-33-20-19-32-16-15-30-12-11-28-4/h21,23,25H,5-20H2,1-4H3/t21?,23-/m0/s1. The zero-order valence-electron chi connectivity index (χ0n) is 21.2. The van der Waals surface area contributed by atoms with Crippen molar-refractivity contribution in [3.63, 3.8) is 0 Å². The molecule has 0 saturated heterocycles. The molecule has 0 aromatic heterocycles. The average molecular weight is 478 g/mol. The van der Waals surface area contributed by atoms with E-state index >= 15 is 0 Å².